The number of carbonyl (C=O) groups is 3. The van der Waals surface area contributed by atoms with Gasteiger partial charge in [0.2, 0.25) is 5.91 Å². The Bertz CT molecular complexity index is 1020. The standard InChI is InChI=1S/C26H32N2O6/c1-3-33-22-16-18(12-13-20(22)26(32)34-4-2)17-23(29)27-24(25(30)31)19-10-6-7-11-21(19)28-14-8-5-9-15-28/h6-7,10-13,16,24H,3-5,8-9,14-15,17H2,1-2H3,(H,27,29)(H,30,31). The van der Waals surface area contributed by atoms with E-state index in [0.717, 1.165) is 38.0 Å². The van der Waals surface area contributed by atoms with Crippen LogP contribution >= 0.6 is 0 Å². The number of carboxylic acid groups (broad SMARTS) is 1. The first-order chi connectivity index (χ1) is 16.4. The van der Waals surface area contributed by atoms with E-state index in [0.29, 0.717) is 23.5 Å². The highest BCUT2D eigenvalue weighted by Gasteiger charge is 2.27. The lowest BCUT2D eigenvalue weighted by molar-refractivity contribution is -0.141. The Kier molecular flexibility index (Phi) is 8.90. The molecule has 0 radical (unpaired) electrons. The first-order valence-corrected chi connectivity index (χ1v) is 11.7. The molecule has 8 heteroatoms. The number of ether oxygens (including phenoxy) is 2. The number of para-hydroxylation sites is 1. The molecule has 34 heavy (non-hydrogen) atoms. The van der Waals surface area contributed by atoms with Gasteiger partial charge < -0.3 is 24.8 Å². The summed E-state index contributed by atoms with van der Waals surface area (Å²) < 4.78 is 10.6. The Morgan fingerprint density at radius 2 is 1.76 bits per heavy atom. The number of hydrogen-bond donors (Lipinski definition) is 2. The lowest BCUT2D eigenvalue weighted by Crippen LogP contribution is -2.37. The molecule has 0 bridgehead atoms. The zero-order chi connectivity index (χ0) is 24.5. The van der Waals surface area contributed by atoms with Crippen molar-refractivity contribution in [1.82, 2.24) is 5.32 Å². The van der Waals surface area contributed by atoms with Gasteiger partial charge in [0, 0.05) is 24.3 Å². The predicted octanol–water partition coefficient (Wildman–Crippen LogP) is 3.74. The third-order valence-electron chi connectivity index (χ3n) is 5.70. The second-order valence-corrected chi connectivity index (χ2v) is 8.11. The number of anilines is 1. The van der Waals surface area contributed by atoms with Gasteiger partial charge in [-0.1, -0.05) is 24.3 Å². The van der Waals surface area contributed by atoms with Crippen molar-refractivity contribution in [3.05, 3.63) is 59.2 Å². The number of carboxylic acids is 1. The predicted molar refractivity (Wildman–Crippen MR) is 128 cm³/mol. The van der Waals surface area contributed by atoms with Crippen LogP contribution in [0, 0.1) is 0 Å². The molecule has 182 valence electrons. The molecular formula is C26H32N2O6. The summed E-state index contributed by atoms with van der Waals surface area (Å²) in [7, 11) is 0. The molecule has 1 amide bonds. The van der Waals surface area contributed by atoms with Gasteiger partial charge in [-0.3, -0.25) is 4.79 Å². The summed E-state index contributed by atoms with van der Waals surface area (Å²) in [6.45, 7) is 5.83. The zero-order valence-electron chi connectivity index (χ0n) is 19.7. The van der Waals surface area contributed by atoms with Gasteiger partial charge in [-0.2, -0.15) is 0 Å². The molecule has 0 saturated carbocycles. The minimum Gasteiger partial charge on any atom is -0.493 e. The summed E-state index contributed by atoms with van der Waals surface area (Å²) in [6.07, 6.45) is 3.22. The third-order valence-corrected chi connectivity index (χ3v) is 5.70. The number of nitrogens with one attached hydrogen (secondary N) is 1. The molecule has 8 nitrogen and oxygen atoms in total. The van der Waals surface area contributed by atoms with Crippen LogP contribution < -0.4 is 15.0 Å². The van der Waals surface area contributed by atoms with Gasteiger partial charge in [0.05, 0.1) is 19.6 Å². The number of amides is 1. The van der Waals surface area contributed by atoms with E-state index in [-0.39, 0.29) is 18.6 Å². The van der Waals surface area contributed by atoms with E-state index in [4.69, 9.17) is 9.47 Å². The van der Waals surface area contributed by atoms with Crippen molar-refractivity contribution in [3.63, 3.8) is 0 Å². The van der Waals surface area contributed by atoms with E-state index in [1.807, 2.05) is 12.1 Å². The Morgan fingerprint density at radius 1 is 1.03 bits per heavy atom. The van der Waals surface area contributed by atoms with Crippen molar-refractivity contribution in [2.75, 3.05) is 31.2 Å². The van der Waals surface area contributed by atoms with Crippen LogP contribution in [0.5, 0.6) is 5.75 Å². The molecule has 1 heterocycles. The van der Waals surface area contributed by atoms with Crippen LogP contribution in [0.3, 0.4) is 0 Å². The summed E-state index contributed by atoms with van der Waals surface area (Å²) in [4.78, 5) is 39.3. The van der Waals surface area contributed by atoms with E-state index in [9.17, 15) is 19.5 Å². The highest BCUT2D eigenvalue weighted by atomic mass is 16.5. The molecule has 1 fully saturated rings. The topological polar surface area (TPSA) is 105 Å². The van der Waals surface area contributed by atoms with Gasteiger partial charge in [-0.25, -0.2) is 9.59 Å². The van der Waals surface area contributed by atoms with Crippen LogP contribution in [0.25, 0.3) is 0 Å². The van der Waals surface area contributed by atoms with Crippen LogP contribution in [0.15, 0.2) is 42.5 Å². The minimum absolute atomic E-state index is 0.0567. The number of esters is 1. The van der Waals surface area contributed by atoms with Crippen molar-refractivity contribution in [2.45, 2.75) is 45.6 Å². The van der Waals surface area contributed by atoms with Crippen molar-refractivity contribution in [1.29, 1.82) is 0 Å². The molecule has 1 unspecified atom stereocenters. The number of carbonyl (C=O) groups excluding carboxylic acids is 2. The molecule has 1 aliphatic heterocycles. The first-order valence-electron chi connectivity index (χ1n) is 11.7. The number of aliphatic carboxylic acids is 1. The number of hydrogen-bond acceptors (Lipinski definition) is 6. The van der Waals surface area contributed by atoms with Gasteiger partial charge in [0.15, 0.2) is 6.04 Å². The number of nitrogens with zero attached hydrogens (tertiary/aromatic N) is 1. The SMILES string of the molecule is CCOC(=O)c1ccc(CC(=O)NC(C(=O)O)c2ccccc2N2CCCCC2)cc1OCC. The van der Waals surface area contributed by atoms with Gasteiger partial charge in [0.25, 0.3) is 0 Å². The molecule has 1 atom stereocenters. The maximum atomic E-state index is 12.9. The molecular weight excluding hydrogens is 436 g/mol. The average Bonchev–Trinajstić information content (AvgIpc) is 2.83. The fourth-order valence-corrected chi connectivity index (χ4v) is 4.15. The van der Waals surface area contributed by atoms with Crippen LogP contribution in [0.1, 0.15) is 60.6 Å². The summed E-state index contributed by atoms with van der Waals surface area (Å²) in [5.41, 5.74) is 2.29. The lowest BCUT2D eigenvalue weighted by Gasteiger charge is -2.32. The van der Waals surface area contributed by atoms with E-state index >= 15 is 0 Å². The molecule has 0 spiro atoms. The second kappa shape index (κ2) is 12.1. The highest BCUT2D eigenvalue weighted by Crippen LogP contribution is 2.29. The Hall–Kier alpha value is -3.55. The number of rotatable bonds is 10. The van der Waals surface area contributed by atoms with Crippen molar-refractivity contribution in [3.8, 4) is 5.75 Å². The molecule has 1 saturated heterocycles. The van der Waals surface area contributed by atoms with Crippen LogP contribution in [-0.2, 0) is 20.7 Å². The minimum atomic E-state index is -1.17. The monoisotopic (exact) mass is 468 g/mol. The van der Waals surface area contributed by atoms with Crippen molar-refractivity contribution < 1.29 is 29.0 Å². The van der Waals surface area contributed by atoms with Gasteiger partial charge in [0.1, 0.15) is 11.3 Å². The van der Waals surface area contributed by atoms with Crippen LogP contribution in [0.4, 0.5) is 5.69 Å². The van der Waals surface area contributed by atoms with E-state index in [2.05, 4.69) is 10.2 Å². The molecule has 0 aromatic heterocycles. The molecule has 2 aromatic carbocycles. The van der Waals surface area contributed by atoms with E-state index < -0.39 is 23.9 Å². The Morgan fingerprint density at radius 3 is 2.44 bits per heavy atom. The normalized spacial score (nSPS) is 14.2. The first kappa shape index (κ1) is 25.1. The van der Waals surface area contributed by atoms with Crippen LogP contribution in [0.2, 0.25) is 0 Å². The Balaban J connectivity index is 1.78. The Labute approximate surface area is 199 Å². The maximum absolute atomic E-state index is 12.9. The second-order valence-electron chi connectivity index (χ2n) is 8.11. The summed E-state index contributed by atoms with van der Waals surface area (Å²) in [6, 6.07) is 11.0. The average molecular weight is 469 g/mol. The fraction of sp³-hybridized carbons (Fsp3) is 0.423. The summed E-state index contributed by atoms with van der Waals surface area (Å²) in [5, 5.41) is 12.6. The van der Waals surface area contributed by atoms with Crippen molar-refractivity contribution >= 4 is 23.5 Å². The fourth-order valence-electron chi connectivity index (χ4n) is 4.15. The number of benzene rings is 2. The summed E-state index contributed by atoms with van der Waals surface area (Å²) >= 11 is 0. The zero-order valence-corrected chi connectivity index (χ0v) is 19.7. The van der Waals surface area contributed by atoms with Crippen molar-refractivity contribution in [2.24, 2.45) is 0 Å². The quantitative estimate of drug-likeness (QED) is 0.512. The molecule has 2 aromatic rings. The largest absolute Gasteiger partial charge is 0.493 e. The van der Waals surface area contributed by atoms with Gasteiger partial charge in [-0.15, -0.1) is 0 Å². The van der Waals surface area contributed by atoms with E-state index in [1.54, 1.807) is 44.2 Å². The lowest BCUT2D eigenvalue weighted by atomic mass is 10.0. The van der Waals surface area contributed by atoms with Crippen LogP contribution in [-0.4, -0.2) is 49.3 Å². The molecule has 1 aliphatic rings. The maximum Gasteiger partial charge on any atom is 0.341 e. The molecule has 0 aliphatic carbocycles. The number of piperidine rings is 1. The molecule has 3 rings (SSSR count). The van der Waals surface area contributed by atoms with Gasteiger partial charge >= 0.3 is 11.9 Å². The van der Waals surface area contributed by atoms with Gasteiger partial charge in [-0.05, 0) is 56.9 Å². The highest BCUT2D eigenvalue weighted by molar-refractivity contribution is 5.93. The smallest absolute Gasteiger partial charge is 0.341 e. The van der Waals surface area contributed by atoms with E-state index in [1.165, 1.54) is 0 Å². The summed E-state index contributed by atoms with van der Waals surface area (Å²) in [5.74, 6) is -1.73. The molecule has 2 N–H and O–H groups in total. The third kappa shape index (κ3) is 6.27.